The predicted octanol–water partition coefficient (Wildman–Crippen LogP) is 2.81. The molecule has 1 aliphatic rings. The molecule has 0 unspecified atom stereocenters. The van der Waals surface area contributed by atoms with E-state index in [0.29, 0.717) is 17.0 Å². The first-order chi connectivity index (χ1) is 11.3. The fraction of sp³-hybridized carbons (Fsp3) is 0.188. The van der Waals surface area contributed by atoms with Gasteiger partial charge >= 0.3 is 0 Å². The summed E-state index contributed by atoms with van der Waals surface area (Å²) in [6.07, 6.45) is 0. The molecular formula is C16H13ClFNO4S. The van der Waals surface area contributed by atoms with Crippen LogP contribution in [-0.4, -0.2) is 28.0 Å². The van der Waals surface area contributed by atoms with E-state index in [2.05, 4.69) is 0 Å². The van der Waals surface area contributed by atoms with E-state index >= 15 is 0 Å². The molecule has 0 spiro atoms. The molecule has 126 valence electrons. The molecule has 0 aromatic heterocycles. The molecule has 0 radical (unpaired) electrons. The fourth-order valence-electron chi connectivity index (χ4n) is 2.38. The van der Waals surface area contributed by atoms with E-state index in [-0.39, 0.29) is 28.2 Å². The van der Waals surface area contributed by atoms with Gasteiger partial charge in [0, 0.05) is 7.05 Å². The monoisotopic (exact) mass is 369 g/mol. The van der Waals surface area contributed by atoms with Gasteiger partial charge in [-0.25, -0.2) is 12.8 Å². The lowest BCUT2D eigenvalue weighted by Gasteiger charge is -2.26. The molecule has 24 heavy (non-hydrogen) atoms. The average molecular weight is 370 g/mol. The Labute approximate surface area is 143 Å². The normalized spacial score (nSPS) is 14.3. The summed E-state index contributed by atoms with van der Waals surface area (Å²) in [4.78, 5) is 13.1. The lowest BCUT2D eigenvalue weighted by Crippen LogP contribution is -2.35. The average Bonchev–Trinajstić information content (AvgIpc) is 2.54. The van der Waals surface area contributed by atoms with E-state index in [1.54, 1.807) is 7.05 Å². The summed E-state index contributed by atoms with van der Waals surface area (Å²) in [5.41, 5.74) is 0.768. The summed E-state index contributed by atoms with van der Waals surface area (Å²) in [7, 11) is -2.14. The number of rotatable bonds is 3. The van der Waals surface area contributed by atoms with Crippen LogP contribution in [0.1, 0.15) is 5.56 Å². The number of benzene rings is 2. The number of amides is 1. The summed E-state index contributed by atoms with van der Waals surface area (Å²) < 4.78 is 43.6. The third kappa shape index (κ3) is 3.09. The van der Waals surface area contributed by atoms with Crippen molar-refractivity contribution in [1.29, 1.82) is 0 Å². The zero-order chi connectivity index (χ0) is 17.5. The molecule has 3 rings (SSSR count). The Morgan fingerprint density at radius 1 is 1.25 bits per heavy atom. The van der Waals surface area contributed by atoms with Crippen molar-refractivity contribution in [1.82, 2.24) is 0 Å². The lowest BCUT2D eigenvalue weighted by molar-refractivity contribution is -0.120. The van der Waals surface area contributed by atoms with E-state index < -0.39 is 15.7 Å². The summed E-state index contributed by atoms with van der Waals surface area (Å²) in [6, 6.07) is 8.11. The molecule has 0 atom stereocenters. The molecule has 1 aliphatic heterocycles. The van der Waals surface area contributed by atoms with Crippen molar-refractivity contribution >= 4 is 33.0 Å². The lowest BCUT2D eigenvalue weighted by atomic mass is 10.2. The second kappa shape index (κ2) is 6.07. The highest BCUT2D eigenvalue weighted by Crippen LogP contribution is 2.34. The van der Waals surface area contributed by atoms with Crippen molar-refractivity contribution in [2.24, 2.45) is 0 Å². The molecule has 0 bridgehead atoms. The van der Waals surface area contributed by atoms with Crippen LogP contribution < -0.4 is 9.64 Å². The Hall–Kier alpha value is -2.12. The number of hydrogen-bond donors (Lipinski definition) is 0. The number of ether oxygens (including phenoxy) is 1. The van der Waals surface area contributed by atoms with Crippen LogP contribution in [0.25, 0.3) is 0 Å². The van der Waals surface area contributed by atoms with Gasteiger partial charge in [0.05, 0.1) is 21.4 Å². The maximum atomic E-state index is 13.2. The van der Waals surface area contributed by atoms with Gasteiger partial charge in [-0.05, 0) is 35.9 Å². The van der Waals surface area contributed by atoms with Crippen LogP contribution in [0.3, 0.4) is 0 Å². The van der Waals surface area contributed by atoms with Crippen LogP contribution in [0.4, 0.5) is 10.1 Å². The molecular weight excluding hydrogens is 357 g/mol. The van der Waals surface area contributed by atoms with Crippen molar-refractivity contribution in [2.45, 2.75) is 10.6 Å². The first kappa shape index (κ1) is 16.7. The molecule has 0 N–H and O–H groups in total. The number of anilines is 1. The second-order valence-corrected chi connectivity index (χ2v) is 7.78. The molecule has 2 aromatic rings. The third-order valence-electron chi connectivity index (χ3n) is 3.72. The number of carbonyl (C=O) groups is 1. The highest BCUT2D eigenvalue weighted by atomic mass is 35.5. The Morgan fingerprint density at radius 3 is 2.71 bits per heavy atom. The quantitative estimate of drug-likeness (QED) is 0.834. The molecule has 5 nitrogen and oxygen atoms in total. The van der Waals surface area contributed by atoms with Crippen molar-refractivity contribution in [3.8, 4) is 5.75 Å². The number of likely N-dealkylation sites (N-methyl/N-ethyl adjacent to an activating group) is 1. The predicted molar refractivity (Wildman–Crippen MR) is 87.6 cm³/mol. The standard InChI is InChI=1S/C16H13ClFNO4S/c1-19-14-7-11(3-5-15(14)23-8-16(19)20)24(21,22)9-10-2-4-13(18)12(17)6-10/h2-7H,8-9H2,1H3. The number of sulfone groups is 1. The molecule has 8 heteroatoms. The Kier molecular flexibility index (Phi) is 4.23. The highest BCUT2D eigenvalue weighted by molar-refractivity contribution is 7.90. The Balaban J connectivity index is 1.95. The van der Waals surface area contributed by atoms with Crippen LogP contribution in [-0.2, 0) is 20.4 Å². The molecule has 1 heterocycles. The molecule has 0 saturated carbocycles. The first-order valence-corrected chi connectivity index (χ1v) is 9.01. The van der Waals surface area contributed by atoms with Gasteiger partial charge in [0.1, 0.15) is 11.6 Å². The number of fused-ring (bicyclic) bond motifs is 1. The zero-order valence-electron chi connectivity index (χ0n) is 12.6. The van der Waals surface area contributed by atoms with E-state index in [1.165, 1.54) is 35.2 Å². The van der Waals surface area contributed by atoms with E-state index in [0.717, 1.165) is 6.07 Å². The van der Waals surface area contributed by atoms with Gasteiger partial charge in [-0.1, -0.05) is 17.7 Å². The highest BCUT2D eigenvalue weighted by Gasteiger charge is 2.25. The molecule has 0 fully saturated rings. The van der Waals surface area contributed by atoms with Gasteiger partial charge in [0.2, 0.25) is 0 Å². The molecule has 2 aromatic carbocycles. The van der Waals surface area contributed by atoms with Gasteiger partial charge in [0.15, 0.2) is 16.4 Å². The van der Waals surface area contributed by atoms with Crippen molar-refractivity contribution in [2.75, 3.05) is 18.6 Å². The second-order valence-electron chi connectivity index (χ2n) is 5.38. The topological polar surface area (TPSA) is 63.7 Å². The zero-order valence-corrected chi connectivity index (χ0v) is 14.2. The smallest absolute Gasteiger partial charge is 0.264 e. The minimum absolute atomic E-state index is 0.0480. The summed E-state index contributed by atoms with van der Waals surface area (Å²) in [5.74, 6) is -0.753. The van der Waals surface area contributed by atoms with Crippen LogP contribution in [0.2, 0.25) is 5.02 Å². The van der Waals surface area contributed by atoms with Gasteiger partial charge in [-0.2, -0.15) is 0 Å². The maximum absolute atomic E-state index is 13.2. The molecule has 0 saturated heterocycles. The van der Waals surface area contributed by atoms with Gasteiger partial charge in [0.25, 0.3) is 5.91 Å². The van der Waals surface area contributed by atoms with Crippen molar-refractivity contribution in [3.05, 3.63) is 52.8 Å². The van der Waals surface area contributed by atoms with E-state index in [9.17, 15) is 17.6 Å². The number of carbonyl (C=O) groups excluding carboxylic acids is 1. The minimum atomic E-state index is -3.69. The van der Waals surface area contributed by atoms with Gasteiger partial charge < -0.3 is 9.64 Å². The van der Waals surface area contributed by atoms with E-state index in [1.807, 2.05) is 0 Å². The minimum Gasteiger partial charge on any atom is -0.482 e. The van der Waals surface area contributed by atoms with Crippen LogP contribution in [0.15, 0.2) is 41.3 Å². The fourth-order valence-corrected chi connectivity index (χ4v) is 3.93. The first-order valence-electron chi connectivity index (χ1n) is 6.98. The summed E-state index contributed by atoms with van der Waals surface area (Å²) in [5, 5.41) is -0.133. The van der Waals surface area contributed by atoms with Crippen LogP contribution in [0.5, 0.6) is 5.75 Å². The third-order valence-corrected chi connectivity index (χ3v) is 5.69. The number of halogens is 2. The Morgan fingerprint density at radius 2 is 2.00 bits per heavy atom. The van der Waals surface area contributed by atoms with Crippen LogP contribution >= 0.6 is 11.6 Å². The number of hydrogen-bond acceptors (Lipinski definition) is 4. The molecule has 1 amide bonds. The summed E-state index contributed by atoms with van der Waals surface area (Å²) >= 11 is 5.69. The van der Waals surface area contributed by atoms with E-state index in [4.69, 9.17) is 16.3 Å². The van der Waals surface area contributed by atoms with Gasteiger partial charge in [-0.3, -0.25) is 4.79 Å². The summed E-state index contributed by atoms with van der Waals surface area (Å²) in [6.45, 7) is -0.0797. The van der Waals surface area contributed by atoms with Crippen LogP contribution in [0, 0.1) is 5.82 Å². The van der Waals surface area contributed by atoms with Gasteiger partial charge in [-0.15, -0.1) is 0 Å². The number of nitrogens with zero attached hydrogens (tertiary/aromatic N) is 1. The molecule has 0 aliphatic carbocycles. The van der Waals surface area contributed by atoms with Crippen molar-refractivity contribution < 1.29 is 22.3 Å². The maximum Gasteiger partial charge on any atom is 0.264 e. The SMILES string of the molecule is CN1C(=O)COc2ccc(S(=O)(=O)Cc3ccc(F)c(Cl)c3)cc21. The van der Waals surface area contributed by atoms with Crippen molar-refractivity contribution in [3.63, 3.8) is 0 Å². The largest absolute Gasteiger partial charge is 0.482 e. The Bertz CT molecular complexity index is 930.